The van der Waals surface area contributed by atoms with E-state index in [0.717, 1.165) is 9.13 Å². The number of nitrogens with one attached hydrogen (secondary N) is 2. The van der Waals surface area contributed by atoms with Crippen molar-refractivity contribution in [3.8, 4) is 17.5 Å². The molecule has 0 spiro atoms. The second kappa shape index (κ2) is 6.39. The molecule has 0 bridgehead atoms. The predicted molar refractivity (Wildman–Crippen MR) is 97.5 cm³/mol. The number of nitrogens with zero attached hydrogens (tertiary/aromatic N) is 2. The van der Waals surface area contributed by atoms with Crippen LogP contribution in [-0.2, 0) is 14.1 Å². The molecule has 1 unspecified atom stereocenters. The van der Waals surface area contributed by atoms with E-state index in [0.29, 0.717) is 5.56 Å². The molecule has 1 atom stereocenters. The number of fused-ring (bicyclic) bond motifs is 2. The first kappa shape index (κ1) is 18.9. The van der Waals surface area contributed by atoms with Crippen LogP contribution in [0.3, 0.4) is 0 Å². The number of aromatic nitrogens is 4. The third-order valence-corrected chi connectivity index (χ3v) is 4.63. The summed E-state index contributed by atoms with van der Waals surface area (Å²) in [7, 11) is 2.49. The Morgan fingerprint density at radius 1 is 0.964 bits per heavy atom. The minimum absolute atomic E-state index is 0. The molecule has 2 aromatic heterocycles. The quantitative estimate of drug-likeness (QED) is 0.384. The Kier molecular flexibility index (Phi) is 4.32. The monoisotopic (exact) mass is 387 g/mol. The fourth-order valence-electron chi connectivity index (χ4n) is 3.20. The zero-order valence-corrected chi connectivity index (χ0v) is 15.2. The van der Waals surface area contributed by atoms with Crippen LogP contribution >= 0.6 is 0 Å². The van der Waals surface area contributed by atoms with Crippen molar-refractivity contribution in [2.24, 2.45) is 14.1 Å². The highest BCUT2D eigenvalue weighted by Crippen LogP contribution is 2.44. The molecule has 3 aromatic rings. The van der Waals surface area contributed by atoms with E-state index in [1.807, 2.05) is 0 Å². The maximum Gasteiger partial charge on any atom is 0.330 e. The van der Waals surface area contributed by atoms with Gasteiger partial charge in [-0.25, -0.2) is 9.59 Å². The molecule has 1 aliphatic rings. The first-order valence-electron chi connectivity index (χ1n) is 7.91. The Hall–Kier alpha value is -3.86. The molecule has 11 nitrogen and oxygen atoms in total. The van der Waals surface area contributed by atoms with Crippen LogP contribution in [0.2, 0.25) is 0 Å². The zero-order valence-electron chi connectivity index (χ0n) is 15.2. The topological polar surface area (TPSA) is 179 Å². The van der Waals surface area contributed by atoms with E-state index < -0.39 is 34.3 Å². The molecule has 0 saturated heterocycles. The van der Waals surface area contributed by atoms with Crippen LogP contribution in [0.4, 0.5) is 0 Å². The van der Waals surface area contributed by atoms with Crippen LogP contribution in [0.1, 0.15) is 22.6 Å². The highest BCUT2D eigenvalue weighted by atomic mass is 16.5. The Balaban J connectivity index is 0.00000225. The number of hydrogen-bond acceptors (Lipinski definition) is 6. The lowest BCUT2D eigenvalue weighted by Crippen LogP contribution is -2.40. The SMILES string of the molecule is Cn1c([O-])c(C2c3ccccc3Oc3[nH]c(=O)n(C)c(=O)c32)c(=O)[nH]c1=O.[NH4+]. The number of benzene rings is 1. The number of H-pyrrole nitrogens is 2. The van der Waals surface area contributed by atoms with E-state index in [-0.39, 0.29) is 28.9 Å². The average molecular weight is 387 g/mol. The maximum absolute atomic E-state index is 12.8. The summed E-state index contributed by atoms with van der Waals surface area (Å²) in [6, 6.07) is 6.53. The van der Waals surface area contributed by atoms with Crippen LogP contribution in [0.25, 0.3) is 0 Å². The number of ether oxygens (including phenoxy) is 1. The van der Waals surface area contributed by atoms with Gasteiger partial charge in [-0.15, -0.1) is 0 Å². The zero-order chi connectivity index (χ0) is 19.5. The molecule has 6 N–H and O–H groups in total. The van der Waals surface area contributed by atoms with Gasteiger partial charge >= 0.3 is 11.4 Å². The highest BCUT2D eigenvalue weighted by molar-refractivity contribution is 5.56. The van der Waals surface area contributed by atoms with Gasteiger partial charge in [0.2, 0.25) is 5.88 Å². The second-order valence-corrected chi connectivity index (χ2v) is 6.15. The molecule has 1 aromatic carbocycles. The predicted octanol–water partition coefficient (Wildman–Crippen LogP) is -0.804. The van der Waals surface area contributed by atoms with E-state index >= 15 is 0 Å². The van der Waals surface area contributed by atoms with Crippen molar-refractivity contribution in [3.05, 3.63) is 82.6 Å². The summed E-state index contributed by atoms with van der Waals surface area (Å²) < 4.78 is 7.21. The van der Waals surface area contributed by atoms with Crippen molar-refractivity contribution in [2.45, 2.75) is 5.92 Å². The van der Waals surface area contributed by atoms with Crippen molar-refractivity contribution >= 4 is 0 Å². The molecular weight excluding hydrogens is 370 g/mol. The van der Waals surface area contributed by atoms with Gasteiger partial charge in [0, 0.05) is 25.2 Å². The molecule has 0 radical (unpaired) electrons. The van der Waals surface area contributed by atoms with Crippen molar-refractivity contribution in [2.75, 3.05) is 0 Å². The lowest BCUT2D eigenvalue weighted by atomic mass is 9.85. The fraction of sp³-hybridized carbons (Fsp3) is 0.176. The normalized spacial score (nSPS) is 14.4. The number of aromatic amines is 2. The van der Waals surface area contributed by atoms with Gasteiger partial charge < -0.3 is 20.6 Å². The number of hydrogen-bond donors (Lipinski definition) is 3. The average Bonchev–Trinajstić information content (AvgIpc) is 2.64. The van der Waals surface area contributed by atoms with Gasteiger partial charge in [-0.1, -0.05) is 18.2 Å². The minimum atomic E-state index is -1.11. The summed E-state index contributed by atoms with van der Waals surface area (Å²) in [4.78, 5) is 53.5. The van der Waals surface area contributed by atoms with Crippen LogP contribution in [0.15, 0.2) is 43.4 Å². The van der Waals surface area contributed by atoms with E-state index in [4.69, 9.17) is 4.74 Å². The summed E-state index contributed by atoms with van der Waals surface area (Å²) in [5, 5.41) is 12.7. The number of para-hydroxylation sites is 1. The molecule has 11 heteroatoms. The Bertz CT molecular complexity index is 1330. The Morgan fingerprint density at radius 3 is 2.32 bits per heavy atom. The van der Waals surface area contributed by atoms with Crippen LogP contribution in [0, 0.1) is 0 Å². The maximum atomic E-state index is 12.8. The molecule has 0 saturated carbocycles. The van der Waals surface area contributed by atoms with E-state index in [2.05, 4.69) is 9.97 Å². The van der Waals surface area contributed by atoms with Crippen molar-refractivity contribution < 1.29 is 9.84 Å². The second-order valence-electron chi connectivity index (χ2n) is 6.15. The third-order valence-electron chi connectivity index (χ3n) is 4.63. The van der Waals surface area contributed by atoms with Crippen LogP contribution < -0.4 is 38.5 Å². The number of rotatable bonds is 1. The van der Waals surface area contributed by atoms with Gasteiger partial charge in [0.1, 0.15) is 5.75 Å². The summed E-state index contributed by atoms with van der Waals surface area (Å²) >= 11 is 0. The van der Waals surface area contributed by atoms with Crippen molar-refractivity contribution in [3.63, 3.8) is 0 Å². The number of quaternary nitrogens is 1. The third kappa shape index (κ3) is 2.48. The van der Waals surface area contributed by atoms with E-state index in [1.54, 1.807) is 24.3 Å². The van der Waals surface area contributed by atoms with Gasteiger partial charge in [0.25, 0.3) is 11.1 Å². The van der Waals surface area contributed by atoms with Crippen molar-refractivity contribution in [1.29, 1.82) is 0 Å². The first-order valence-corrected chi connectivity index (χ1v) is 7.91. The van der Waals surface area contributed by atoms with Crippen LogP contribution in [0.5, 0.6) is 17.5 Å². The van der Waals surface area contributed by atoms with E-state index in [1.165, 1.54) is 14.1 Å². The summed E-state index contributed by atoms with van der Waals surface area (Å²) in [5.74, 6) is -1.79. The smallest absolute Gasteiger partial charge is 0.330 e. The minimum Gasteiger partial charge on any atom is -0.860 e. The molecule has 0 amide bonds. The Morgan fingerprint density at radius 2 is 1.61 bits per heavy atom. The molecule has 28 heavy (non-hydrogen) atoms. The van der Waals surface area contributed by atoms with Gasteiger partial charge in [-0.2, -0.15) is 0 Å². The molecule has 4 rings (SSSR count). The summed E-state index contributed by atoms with van der Waals surface area (Å²) in [6.07, 6.45) is 0. The summed E-state index contributed by atoms with van der Waals surface area (Å²) in [5.41, 5.74) is -3.13. The van der Waals surface area contributed by atoms with Crippen LogP contribution in [-0.4, -0.2) is 19.1 Å². The van der Waals surface area contributed by atoms with Crippen molar-refractivity contribution in [1.82, 2.24) is 25.3 Å². The lowest BCUT2D eigenvalue weighted by molar-refractivity contribution is -0.280. The molecular formula is C17H17N5O6. The molecule has 0 fully saturated rings. The Labute approximate surface area is 156 Å². The molecule has 146 valence electrons. The first-order chi connectivity index (χ1) is 12.8. The highest BCUT2D eigenvalue weighted by Gasteiger charge is 2.35. The standard InChI is InChI=1S/C17H14N4O6.H3N/c1-20-14(23)10(12(22)18-16(20)25)9-7-5-3-4-6-8(7)27-13-11(9)15(24)21(2)17(26)19-13;/h3-6,9,23H,1-2H3,(H,19,26)(H,18,22,25);1H3. The van der Waals surface area contributed by atoms with Gasteiger partial charge in [0.15, 0.2) is 0 Å². The van der Waals surface area contributed by atoms with Gasteiger partial charge in [-0.05, 0) is 11.9 Å². The summed E-state index contributed by atoms with van der Waals surface area (Å²) in [6.45, 7) is 0. The van der Waals surface area contributed by atoms with Gasteiger partial charge in [-0.3, -0.25) is 24.1 Å². The lowest BCUT2D eigenvalue weighted by Gasteiger charge is -2.29. The van der Waals surface area contributed by atoms with Gasteiger partial charge in [0.05, 0.1) is 11.5 Å². The largest absolute Gasteiger partial charge is 0.860 e. The molecule has 0 aliphatic carbocycles. The fourth-order valence-corrected chi connectivity index (χ4v) is 3.20. The molecule has 1 aliphatic heterocycles. The van der Waals surface area contributed by atoms with E-state index in [9.17, 15) is 24.3 Å². The molecule has 3 heterocycles.